The second-order valence-electron chi connectivity index (χ2n) is 4.98. The fourth-order valence-corrected chi connectivity index (χ4v) is 2.78. The number of carboxylic acids is 1. The highest BCUT2D eigenvalue weighted by Gasteiger charge is 2.24. The van der Waals surface area contributed by atoms with E-state index in [1.165, 1.54) is 25.7 Å². The minimum atomic E-state index is -0.957. The zero-order valence-corrected chi connectivity index (χ0v) is 10.8. The largest absolute Gasteiger partial charge is 0.480 e. The van der Waals surface area contributed by atoms with Gasteiger partial charge in [0.25, 0.3) is 0 Å². The van der Waals surface area contributed by atoms with Gasteiger partial charge in [0.15, 0.2) is 0 Å². The second-order valence-corrected chi connectivity index (χ2v) is 4.98. The van der Waals surface area contributed by atoms with Crippen molar-refractivity contribution in [2.45, 2.75) is 57.5 Å². The first-order valence-electron chi connectivity index (χ1n) is 6.66. The lowest BCUT2D eigenvalue weighted by Gasteiger charge is -2.14. The molecule has 1 atom stereocenters. The Hall–Kier alpha value is -1.36. The third-order valence-corrected chi connectivity index (χ3v) is 3.75. The molecule has 18 heavy (non-hydrogen) atoms. The van der Waals surface area contributed by atoms with E-state index in [2.05, 4.69) is 16.5 Å². The summed E-state index contributed by atoms with van der Waals surface area (Å²) in [6, 6.07) is -0.844. The van der Waals surface area contributed by atoms with Crippen molar-refractivity contribution in [3.8, 4) is 0 Å². The molecule has 0 aromatic carbocycles. The summed E-state index contributed by atoms with van der Waals surface area (Å²) in [4.78, 5) is 15.3. The Morgan fingerprint density at radius 3 is 2.83 bits per heavy atom. The zero-order valence-electron chi connectivity index (χ0n) is 10.8. The molecule has 0 unspecified atom stereocenters. The average molecular weight is 251 g/mol. The second kappa shape index (κ2) is 5.52. The van der Waals surface area contributed by atoms with Crippen LogP contribution < -0.4 is 5.73 Å². The molecule has 1 fully saturated rings. The van der Waals surface area contributed by atoms with Crippen molar-refractivity contribution in [1.29, 1.82) is 0 Å². The van der Waals surface area contributed by atoms with E-state index in [-0.39, 0.29) is 0 Å². The maximum absolute atomic E-state index is 10.8. The zero-order chi connectivity index (χ0) is 13.1. The van der Waals surface area contributed by atoms with Crippen LogP contribution in [0.4, 0.5) is 0 Å². The van der Waals surface area contributed by atoms with Gasteiger partial charge in [-0.25, -0.2) is 4.98 Å². The molecule has 0 bridgehead atoms. The summed E-state index contributed by atoms with van der Waals surface area (Å²) in [6.07, 6.45) is 7.07. The minimum Gasteiger partial charge on any atom is -0.480 e. The highest BCUT2D eigenvalue weighted by molar-refractivity contribution is 5.73. The van der Waals surface area contributed by atoms with Crippen LogP contribution in [-0.2, 0) is 17.8 Å². The van der Waals surface area contributed by atoms with E-state index in [0.29, 0.717) is 12.3 Å². The highest BCUT2D eigenvalue weighted by atomic mass is 16.4. The molecule has 1 saturated carbocycles. The molecule has 5 heteroatoms. The van der Waals surface area contributed by atoms with Gasteiger partial charge in [-0.1, -0.05) is 12.8 Å². The van der Waals surface area contributed by atoms with Crippen LogP contribution in [0, 0.1) is 0 Å². The lowest BCUT2D eigenvalue weighted by Crippen LogP contribution is -2.33. The van der Waals surface area contributed by atoms with Gasteiger partial charge in [-0.2, -0.15) is 0 Å². The number of hydrogen-bond acceptors (Lipinski definition) is 3. The fourth-order valence-electron chi connectivity index (χ4n) is 2.78. The summed E-state index contributed by atoms with van der Waals surface area (Å²) < 4.78 is 2.14. The van der Waals surface area contributed by atoms with Crippen molar-refractivity contribution in [2.75, 3.05) is 0 Å². The third-order valence-electron chi connectivity index (χ3n) is 3.75. The standard InChI is InChI=1S/C13H21N3O2/c1-2-16-10(7-11(14)13(17)18)8-15-12(16)9-5-3-4-6-9/h8-9,11H,2-7,14H2,1H3,(H,17,18)/t11-/m0/s1. The molecule has 3 N–H and O–H groups in total. The molecule has 0 spiro atoms. The Kier molecular flexibility index (Phi) is 4.01. The molecule has 0 saturated heterocycles. The summed E-state index contributed by atoms with van der Waals surface area (Å²) in [5.74, 6) is 0.698. The van der Waals surface area contributed by atoms with Crippen molar-refractivity contribution in [3.05, 3.63) is 17.7 Å². The Morgan fingerprint density at radius 2 is 2.28 bits per heavy atom. The molecule has 100 valence electrons. The Labute approximate surface area is 107 Å². The van der Waals surface area contributed by atoms with Gasteiger partial charge in [0.05, 0.1) is 0 Å². The van der Waals surface area contributed by atoms with Crippen LogP contribution in [0.15, 0.2) is 6.20 Å². The van der Waals surface area contributed by atoms with E-state index < -0.39 is 12.0 Å². The summed E-state index contributed by atoms with van der Waals surface area (Å²) >= 11 is 0. The van der Waals surface area contributed by atoms with Crippen LogP contribution in [0.25, 0.3) is 0 Å². The first-order valence-corrected chi connectivity index (χ1v) is 6.66. The van der Waals surface area contributed by atoms with E-state index >= 15 is 0 Å². The van der Waals surface area contributed by atoms with Crippen LogP contribution in [-0.4, -0.2) is 26.7 Å². The van der Waals surface area contributed by atoms with Crippen molar-refractivity contribution < 1.29 is 9.90 Å². The fraction of sp³-hybridized carbons (Fsp3) is 0.692. The smallest absolute Gasteiger partial charge is 0.320 e. The van der Waals surface area contributed by atoms with E-state index in [9.17, 15) is 4.79 Å². The molecule has 0 radical (unpaired) electrons. The molecule has 0 aliphatic heterocycles. The lowest BCUT2D eigenvalue weighted by molar-refractivity contribution is -0.138. The summed E-state index contributed by atoms with van der Waals surface area (Å²) in [5.41, 5.74) is 6.53. The van der Waals surface area contributed by atoms with E-state index in [0.717, 1.165) is 18.1 Å². The number of aliphatic carboxylic acids is 1. The first-order chi connectivity index (χ1) is 8.63. The summed E-state index contributed by atoms with van der Waals surface area (Å²) in [7, 11) is 0. The molecular formula is C13H21N3O2. The molecule has 1 aromatic rings. The van der Waals surface area contributed by atoms with Crippen LogP contribution in [0.3, 0.4) is 0 Å². The summed E-state index contributed by atoms with van der Waals surface area (Å²) in [5, 5.41) is 8.87. The van der Waals surface area contributed by atoms with Crippen molar-refractivity contribution in [1.82, 2.24) is 9.55 Å². The topological polar surface area (TPSA) is 81.1 Å². The van der Waals surface area contributed by atoms with Gasteiger partial charge in [0.1, 0.15) is 11.9 Å². The SMILES string of the molecule is CCn1c(C[C@H](N)C(=O)O)cnc1C1CCCC1. The average Bonchev–Trinajstić information content (AvgIpc) is 2.96. The van der Waals surface area contributed by atoms with Gasteiger partial charge in [0, 0.05) is 30.8 Å². The summed E-state index contributed by atoms with van der Waals surface area (Å²) in [6.45, 7) is 2.89. The maximum Gasteiger partial charge on any atom is 0.320 e. The molecule has 1 aliphatic rings. The molecular weight excluding hydrogens is 230 g/mol. The molecule has 1 aromatic heterocycles. The normalized spacial score (nSPS) is 18.1. The van der Waals surface area contributed by atoms with Crippen LogP contribution in [0.2, 0.25) is 0 Å². The van der Waals surface area contributed by atoms with Crippen molar-refractivity contribution in [2.24, 2.45) is 5.73 Å². The van der Waals surface area contributed by atoms with E-state index in [1.807, 2.05) is 0 Å². The Bertz CT molecular complexity index is 422. The van der Waals surface area contributed by atoms with Gasteiger partial charge in [-0.05, 0) is 19.8 Å². The van der Waals surface area contributed by atoms with Gasteiger partial charge < -0.3 is 15.4 Å². The predicted molar refractivity (Wildman–Crippen MR) is 68.4 cm³/mol. The van der Waals surface area contributed by atoms with Gasteiger partial charge in [-0.15, -0.1) is 0 Å². The number of rotatable bonds is 5. The van der Waals surface area contributed by atoms with Crippen molar-refractivity contribution in [3.63, 3.8) is 0 Å². The molecule has 0 amide bonds. The first kappa shape index (κ1) is 13.1. The quantitative estimate of drug-likeness (QED) is 0.831. The number of nitrogens with zero attached hydrogens (tertiary/aromatic N) is 2. The predicted octanol–water partition coefficient (Wildman–Crippen LogP) is 1.51. The van der Waals surface area contributed by atoms with E-state index in [1.54, 1.807) is 6.20 Å². The van der Waals surface area contributed by atoms with Gasteiger partial charge >= 0.3 is 5.97 Å². The van der Waals surface area contributed by atoms with Crippen LogP contribution in [0.1, 0.15) is 50.0 Å². The lowest BCUT2D eigenvalue weighted by atomic mass is 10.1. The van der Waals surface area contributed by atoms with Crippen molar-refractivity contribution >= 4 is 5.97 Å². The monoisotopic (exact) mass is 251 g/mol. The molecule has 1 heterocycles. The highest BCUT2D eigenvalue weighted by Crippen LogP contribution is 2.33. The molecule has 5 nitrogen and oxygen atoms in total. The Morgan fingerprint density at radius 1 is 1.61 bits per heavy atom. The molecule has 2 rings (SSSR count). The number of hydrogen-bond donors (Lipinski definition) is 2. The van der Waals surface area contributed by atoms with Crippen LogP contribution in [0.5, 0.6) is 0 Å². The number of carboxylic acid groups (broad SMARTS) is 1. The molecule has 1 aliphatic carbocycles. The number of aromatic nitrogens is 2. The van der Waals surface area contributed by atoms with Crippen LogP contribution >= 0.6 is 0 Å². The maximum atomic E-state index is 10.8. The number of carbonyl (C=O) groups is 1. The van der Waals surface area contributed by atoms with Gasteiger partial charge in [0.2, 0.25) is 0 Å². The minimum absolute atomic E-state index is 0.350. The third kappa shape index (κ3) is 2.56. The number of imidazole rings is 1. The Balaban J connectivity index is 2.18. The number of nitrogens with two attached hydrogens (primary N) is 1. The van der Waals surface area contributed by atoms with Gasteiger partial charge in [-0.3, -0.25) is 4.79 Å². The van der Waals surface area contributed by atoms with E-state index in [4.69, 9.17) is 10.8 Å².